The van der Waals surface area contributed by atoms with Gasteiger partial charge in [-0.25, -0.2) is 18.7 Å². The molecule has 1 N–H and O–H groups in total. The van der Waals surface area contributed by atoms with Crippen molar-refractivity contribution in [2.45, 2.75) is 52.4 Å². The van der Waals surface area contributed by atoms with Crippen molar-refractivity contribution in [2.24, 2.45) is 0 Å². The lowest BCUT2D eigenvalue weighted by molar-refractivity contribution is -0.160. The molecule has 2 aliphatic heterocycles. The monoisotopic (exact) mass is 631 g/mol. The lowest BCUT2D eigenvalue weighted by atomic mass is 9.94. The van der Waals surface area contributed by atoms with Crippen molar-refractivity contribution in [1.82, 2.24) is 14.6 Å². The number of benzene rings is 4. The van der Waals surface area contributed by atoms with Crippen molar-refractivity contribution in [3.63, 3.8) is 0 Å². The number of halogens is 1. The third kappa shape index (κ3) is 5.67. The van der Waals surface area contributed by atoms with E-state index in [0.717, 1.165) is 33.0 Å². The minimum Gasteiger partial charge on any atom is -0.489 e. The molecule has 2 aliphatic rings. The van der Waals surface area contributed by atoms with E-state index in [-0.39, 0.29) is 6.61 Å². The van der Waals surface area contributed by atoms with Crippen LogP contribution in [0.5, 0.6) is 11.5 Å². The smallest absolute Gasteiger partial charge is 0.337 e. The van der Waals surface area contributed by atoms with Crippen molar-refractivity contribution < 1.29 is 28.5 Å². The molecule has 8 nitrogen and oxygen atoms in total. The Bertz CT molecular complexity index is 2190. The van der Waals surface area contributed by atoms with E-state index in [1.54, 1.807) is 17.5 Å². The summed E-state index contributed by atoms with van der Waals surface area (Å²) in [5, 5.41) is 17.3. The fourth-order valence-electron chi connectivity index (χ4n) is 6.17. The molecule has 0 saturated carbocycles. The molecule has 2 atom stereocenters. The predicted octanol–water partition coefficient (Wildman–Crippen LogP) is 8.43. The van der Waals surface area contributed by atoms with E-state index in [0.29, 0.717) is 39.8 Å². The second kappa shape index (κ2) is 11.5. The van der Waals surface area contributed by atoms with E-state index in [1.807, 2.05) is 94.4 Å². The normalized spacial score (nSPS) is 15.2. The van der Waals surface area contributed by atoms with E-state index in [4.69, 9.17) is 24.3 Å². The van der Waals surface area contributed by atoms with Crippen LogP contribution in [0.2, 0.25) is 0 Å². The molecule has 4 aromatic carbocycles. The maximum Gasteiger partial charge on any atom is 0.337 e. The van der Waals surface area contributed by atoms with Gasteiger partial charge in [0.25, 0.3) is 0 Å². The number of carboxylic acid groups (broad SMARTS) is 1. The number of aryl methyl sites for hydroxylation is 1. The Morgan fingerprint density at radius 3 is 2.47 bits per heavy atom. The Balaban J connectivity index is 1.57. The van der Waals surface area contributed by atoms with Gasteiger partial charge in [-0.2, -0.15) is 5.10 Å². The zero-order valence-electron chi connectivity index (χ0n) is 26.7. The van der Waals surface area contributed by atoms with Gasteiger partial charge in [0.15, 0.2) is 11.8 Å². The number of hydrogen-bond acceptors (Lipinski definition) is 6. The zero-order valence-corrected chi connectivity index (χ0v) is 26.7. The number of aliphatic carboxylic acids is 1. The summed E-state index contributed by atoms with van der Waals surface area (Å²) >= 11 is 0. The highest BCUT2D eigenvalue weighted by atomic mass is 19.1. The molecule has 1 unspecified atom stereocenters. The van der Waals surface area contributed by atoms with Gasteiger partial charge in [-0.15, -0.1) is 0 Å². The number of aromatic nitrogens is 3. The second-order valence-electron chi connectivity index (χ2n) is 12.8. The third-order valence-corrected chi connectivity index (χ3v) is 8.14. The lowest BCUT2D eigenvalue weighted by Crippen LogP contribution is -2.29. The van der Waals surface area contributed by atoms with Gasteiger partial charge in [-0.05, 0) is 75.9 Å². The van der Waals surface area contributed by atoms with Gasteiger partial charge in [0.2, 0.25) is 0 Å². The van der Waals surface area contributed by atoms with E-state index < -0.39 is 29.6 Å². The lowest BCUT2D eigenvalue weighted by Gasteiger charge is -2.28. The van der Waals surface area contributed by atoms with Crippen LogP contribution < -0.4 is 9.47 Å². The van der Waals surface area contributed by atoms with Crippen LogP contribution in [-0.4, -0.2) is 44.0 Å². The average molecular weight is 632 g/mol. The van der Waals surface area contributed by atoms with Gasteiger partial charge in [0.05, 0.1) is 17.0 Å². The highest BCUT2D eigenvalue weighted by Crippen LogP contribution is 2.42. The second-order valence-corrected chi connectivity index (χ2v) is 12.8. The summed E-state index contributed by atoms with van der Waals surface area (Å²) in [4.78, 5) is 17.8. The average Bonchev–Trinajstić information content (AvgIpc) is 3.45. The molecular formula is C38H34FN3O5. The molecule has 0 aliphatic carbocycles. The number of rotatable bonds is 3. The zero-order chi connectivity index (χ0) is 33.0. The first kappa shape index (κ1) is 30.4. The summed E-state index contributed by atoms with van der Waals surface area (Å²) in [5.74, 6) is -0.500. The van der Waals surface area contributed by atoms with Crippen LogP contribution in [0.15, 0.2) is 84.9 Å². The van der Waals surface area contributed by atoms with Gasteiger partial charge in [-0.3, -0.25) is 0 Å². The molecule has 238 valence electrons. The molecular weight excluding hydrogens is 597 g/mol. The number of hydrogen-bond donors (Lipinski definition) is 1. The van der Waals surface area contributed by atoms with E-state index in [1.165, 1.54) is 12.1 Å². The van der Waals surface area contributed by atoms with E-state index >= 15 is 0 Å². The van der Waals surface area contributed by atoms with Crippen molar-refractivity contribution in [1.29, 1.82) is 0 Å². The number of fused-ring (bicyclic) bond motifs is 4. The largest absolute Gasteiger partial charge is 0.489 e. The number of ether oxygens (including phenoxy) is 3. The maximum absolute atomic E-state index is 14.5. The van der Waals surface area contributed by atoms with Gasteiger partial charge < -0.3 is 19.3 Å². The number of nitrogens with zero attached hydrogens (tertiary/aromatic N) is 3. The summed E-state index contributed by atoms with van der Waals surface area (Å²) in [7, 11) is 0. The Morgan fingerprint density at radius 2 is 1.70 bits per heavy atom. The first-order chi connectivity index (χ1) is 22.5. The minimum atomic E-state index is -1.32. The van der Waals surface area contributed by atoms with E-state index in [9.17, 15) is 14.3 Å². The summed E-state index contributed by atoms with van der Waals surface area (Å²) in [6.07, 6.45) is -1.71. The standard InChI is InChI=1S/C38H34FN3O5/c1-21-20-45-32-18-25(39)13-14-26(32)23-9-8-10-24(17-23)30-19-33-40-22(2)34(36(37(43)44)47-38(3,4)5)35(42(33)41-30)29-15-16-31(46-21)28-12-7-6-11-27(28)29/h6-19,21,36H,20H2,1-5H3,(H,43,44)/t21?,36-/m0/s1. The summed E-state index contributed by atoms with van der Waals surface area (Å²) in [5.41, 5.74) is 5.01. The highest BCUT2D eigenvalue weighted by molar-refractivity contribution is 6.01. The van der Waals surface area contributed by atoms with Gasteiger partial charge in [0.1, 0.15) is 30.0 Å². The van der Waals surface area contributed by atoms with Crippen LogP contribution in [0.1, 0.15) is 45.1 Å². The predicted molar refractivity (Wildman–Crippen MR) is 178 cm³/mol. The molecule has 6 aromatic rings. The molecule has 2 aromatic heterocycles. The molecule has 0 radical (unpaired) electrons. The molecule has 0 spiro atoms. The number of carboxylic acids is 1. The third-order valence-electron chi connectivity index (χ3n) is 8.14. The Hall–Kier alpha value is -5.28. The Kier molecular flexibility index (Phi) is 7.44. The SMILES string of the molecule is Cc1nc2cc3nn2c(c1[C@H](OC(C)(C)C)C(=O)O)-c1ccc(c2ccccc12)OC(C)COc1cc(F)ccc1-c1cccc-3c1. The van der Waals surface area contributed by atoms with Crippen molar-refractivity contribution in [3.05, 3.63) is 102 Å². The van der Waals surface area contributed by atoms with Gasteiger partial charge in [-0.1, -0.05) is 42.5 Å². The van der Waals surface area contributed by atoms with Crippen LogP contribution in [0.25, 0.3) is 50.1 Å². The quantitative estimate of drug-likeness (QED) is 0.209. The van der Waals surface area contributed by atoms with Crippen molar-refractivity contribution >= 4 is 22.4 Å². The van der Waals surface area contributed by atoms with Crippen LogP contribution in [-0.2, 0) is 9.53 Å². The number of carbonyl (C=O) groups is 1. The molecule has 4 heterocycles. The van der Waals surface area contributed by atoms with Crippen LogP contribution in [0.3, 0.4) is 0 Å². The van der Waals surface area contributed by atoms with Crippen molar-refractivity contribution in [2.75, 3.05) is 6.61 Å². The Morgan fingerprint density at radius 1 is 0.957 bits per heavy atom. The summed E-state index contributed by atoms with van der Waals surface area (Å²) in [6, 6.07) is 25.7. The molecule has 0 saturated heterocycles. The van der Waals surface area contributed by atoms with Gasteiger partial charge >= 0.3 is 5.97 Å². The van der Waals surface area contributed by atoms with Crippen LogP contribution >= 0.6 is 0 Å². The minimum absolute atomic E-state index is 0.175. The fourth-order valence-corrected chi connectivity index (χ4v) is 6.17. The van der Waals surface area contributed by atoms with Crippen LogP contribution in [0.4, 0.5) is 4.39 Å². The summed E-state index contributed by atoms with van der Waals surface area (Å²) < 4.78 is 35.0. The molecule has 0 fully saturated rings. The topological polar surface area (TPSA) is 95.2 Å². The fraction of sp³-hybridized carbons (Fsp3) is 0.237. The van der Waals surface area contributed by atoms with Gasteiger partial charge in [0, 0.05) is 45.5 Å². The maximum atomic E-state index is 14.5. The highest BCUT2D eigenvalue weighted by Gasteiger charge is 2.34. The molecule has 9 heteroatoms. The van der Waals surface area contributed by atoms with Crippen molar-refractivity contribution in [3.8, 4) is 45.1 Å². The molecule has 47 heavy (non-hydrogen) atoms. The first-order valence-corrected chi connectivity index (χ1v) is 15.5. The van der Waals surface area contributed by atoms with E-state index in [2.05, 4.69) is 0 Å². The molecule has 8 rings (SSSR count). The van der Waals surface area contributed by atoms with Crippen LogP contribution in [0, 0.1) is 12.7 Å². The summed E-state index contributed by atoms with van der Waals surface area (Å²) in [6.45, 7) is 9.36. The molecule has 0 amide bonds. The molecule has 6 bridgehead atoms. The first-order valence-electron chi connectivity index (χ1n) is 15.5. The Labute approximate surface area is 271 Å².